The van der Waals surface area contributed by atoms with E-state index in [1.54, 1.807) is 0 Å². The lowest BCUT2D eigenvalue weighted by Gasteiger charge is -2.43. The van der Waals surface area contributed by atoms with E-state index >= 15 is 0 Å². The molecule has 0 aromatic carbocycles. The number of hydrogen-bond acceptors (Lipinski definition) is 2. The van der Waals surface area contributed by atoms with Crippen molar-refractivity contribution >= 4 is 5.78 Å². The first-order valence-electron chi connectivity index (χ1n) is 8.22. The molecule has 3 unspecified atom stereocenters. The second kappa shape index (κ2) is 5.95. The first-order valence-corrected chi connectivity index (χ1v) is 8.22. The Balaban J connectivity index is 2.01. The normalized spacial score (nSPS) is 34.2. The molecular weight excluding hydrogens is 234 g/mol. The second-order valence-electron chi connectivity index (χ2n) is 7.44. The van der Waals surface area contributed by atoms with E-state index in [1.807, 2.05) is 0 Å². The van der Waals surface area contributed by atoms with Crippen LogP contribution in [0.15, 0.2) is 0 Å². The van der Waals surface area contributed by atoms with Gasteiger partial charge in [0.1, 0.15) is 0 Å². The Bertz CT molecular complexity index is 317. The molecule has 0 N–H and O–H groups in total. The molecule has 2 fully saturated rings. The molecule has 110 valence electrons. The minimum Gasteiger partial charge on any atom is -0.297 e. The third kappa shape index (κ3) is 3.21. The van der Waals surface area contributed by atoms with Crippen LogP contribution in [0.25, 0.3) is 0 Å². The SMILES string of the molecule is CC1CCC(C(=O)C(C)(C)N2CCCCC2)CC1C. The summed E-state index contributed by atoms with van der Waals surface area (Å²) >= 11 is 0. The molecule has 1 saturated carbocycles. The fraction of sp³-hybridized carbons (Fsp3) is 0.941. The molecule has 0 bridgehead atoms. The highest BCUT2D eigenvalue weighted by atomic mass is 16.1. The second-order valence-corrected chi connectivity index (χ2v) is 7.44. The zero-order valence-corrected chi connectivity index (χ0v) is 13.2. The van der Waals surface area contributed by atoms with Gasteiger partial charge >= 0.3 is 0 Å². The Morgan fingerprint density at radius 1 is 1.00 bits per heavy atom. The number of hydrogen-bond donors (Lipinski definition) is 0. The molecule has 2 heteroatoms. The van der Waals surface area contributed by atoms with Gasteiger partial charge in [0.15, 0.2) is 5.78 Å². The summed E-state index contributed by atoms with van der Waals surface area (Å²) in [5.41, 5.74) is -0.245. The summed E-state index contributed by atoms with van der Waals surface area (Å²) in [5.74, 6) is 2.32. The van der Waals surface area contributed by atoms with Crippen molar-refractivity contribution in [2.24, 2.45) is 17.8 Å². The van der Waals surface area contributed by atoms with E-state index in [2.05, 4.69) is 32.6 Å². The standard InChI is InChI=1S/C17H31NO/c1-13-8-9-15(12-14(13)2)16(19)17(3,4)18-10-6-5-7-11-18/h13-15H,5-12H2,1-4H3. The fourth-order valence-electron chi connectivity index (χ4n) is 3.89. The molecule has 1 aliphatic heterocycles. The predicted octanol–water partition coefficient (Wildman–Crippen LogP) is 3.89. The quantitative estimate of drug-likeness (QED) is 0.771. The molecule has 1 aliphatic carbocycles. The van der Waals surface area contributed by atoms with E-state index < -0.39 is 0 Å². The summed E-state index contributed by atoms with van der Waals surface area (Å²) in [4.78, 5) is 15.4. The Kier molecular flexibility index (Phi) is 4.70. The lowest BCUT2D eigenvalue weighted by molar-refractivity contribution is -0.136. The largest absolute Gasteiger partial charge is 0.297 e. The zero-order valence-electron chi connectivity index (χ0n) is 13.2. The third-order valence-electron chi connectivity index (χ3n) is 5.72. The highest BCUT2D eigenvalue weighted by Crippen LogP contribution is 2.37. The van der Waals surface area contributed by atoms with Gasteiger partial charge in [0.25, 0.3) is 0 Å². The molecule has 2 aliphatic rings. The van der Waals surface area contributed by atoms with Crippen molar-refractivity contribution in [1.82, 2.24) is 4.90 Å². The molecule has 0 aromatic heterocycles. The smallest absolute Gasteiger partial charge is 0.155 e. The summed E-state index contributed by atoms with van der Waals surface area (Å²) < 4.78 is 0. The van der Waals surface area contributed by atoms with E-state index in [4.69, 9.17) is 0 Å². The molecule has 0 spiro atoms. The fourth-order valence-corrected chi connectivity index (χ4v) is 3.89. The number of rotatable bonds is 3. The van der Waals surface area contributed by atoms with E-state index in [1.165, 1.54) is 25.7 Å². The van der Waals surface area contributed by atoms with Gasteiger partial charge in [-0.25, -0.2) is 0 Å². The van der Waals surface area contributed by atoms with Crippen LogP contribution in [0.4, 0.5) is 0 Å². The molecule has 1 saturated heterocycles. The number of carbonyl (C=O) groups is 1. The summed E-state index contributed by atoms with van der Waals surface area (Å²) in [6.07, 6.45) is 7.30. The lowest BCUT2D eigenvalue weighted by atomic mass is 9.71. The third-order valence-corrected chi connectivity index (χ3v) is 5.72. The van der Waals surface area contributed by atoms with Crippen molar-refractivity contribution in [1.29, 1.82) is 0 Å². The molecule has 2 rings (SSSR count). The number of piperidine rings is 1. The number of nitrogens with zero attached hydrogens (tertiary/aromatic N) is 1. The van der Waals surface area contributed by atoms with Crippen molar-refractivity contribution in [3.63, 3.8) is 0 Å². The van der Waals surface area contributed by atoms with Crippen LogP contribution in [-0.2, 0) is 4.79 Å². The minimum absolute atomic E-state index is 0.245. The summed E-state index contributed by atoms with van der Waals surface area (Å²) in [6.45, 7) is 11.2. The van der Waals surface area contributed by atoms with Crippen molar-refractivity contribution in [3.8, 4) is 0 Å². The van der Waals surface area contributed by atoms with Crippen molar-refractivity contribution in [2.45, 2.75) is 71.8 Å². The number of likely N-dealkylation sites (tertiary alicyclic amines) is 1. The Morgan fingerprint density at radius 3 is 2.21 bits per heavy atom. The van der Waals surface area contributed by atoms with E-state index in [9.17, 15) is 4.79 Å². The molecule has 19 heavy (non-hydrogen) atoms. The van der Waals surface area contributed by atoms with Crippen LogP contribution in [0.2, 0.25) is 0 Å². The summed E-state index contributed by atoms with van der Waals surface area (Å²) in [6, 6.07) is 0. The number of carbonyl (C=O) groups excluding carboxylic acids is 1. The maximum Gasteiger partial charge on any atom is 0.155 e. The molecule has 2 nitrogen and oxygen atoms in total. The maximum atomic E-state index is 12.9. The Hall–Kier alpha value is -0.370. The molecular formula is C17H31NO. The van der Waals surface area contributed by atoms with Crippen LogP contribution in [0.5, 0.6) is 0 Å². The average molecular weight is 265 g/mol. The highest BCUT2D eigenvalue weighted by Gasteiger charge is 2.40. The maximum absolute atomic E-state index is 12.9. The monoisotopic (exact) mass is 265 g/mol. The van der Waals surface area contributed by atoms with Gasteiger partial charge in [-0.1, -0.05) is 20.3 Å². The predicted molar refractivity (Wildman–Crippen MR) is 80.2 cm³/mol. The van der Waals surface area contributed by atoms with Gasteiger partial charge in [0.05, 0.1) is 5.54 Å². The van der Waals surface area contributed by atoms with Gasteiger partial charge in [-0.2, -0.15) is 0 Å². The minimum atomic E-state index is -0.245. The van der Waals surface area contributed by atoms with E-state index in [0.717, 1.165) is 31.8 Å². The summed E-state index contributed by atoms with van der Waals surface area (Å²) in [7, 11) is 0. The van der Waals surface area contributed by atoms with Crippen molar-refractivity contribution in [2.75, 3.05) is 13.1 Å². The molecule has 0 radical (unpaired) electrons. The molecule has 1 heterocycles. The van der Waals surface area contributed by atoms with Gasteiger partial charge in [-0.05, 0) is 70.9 Å². The molecule has 3 atom stereocenters. The zero-order chi connectivity index (χ0) is 14.0. The van der Waals surface area contributed by atoms with E-state index in [-0.39, 0.29) is 5.54 Å². The van der Waals surface area contributed by atoms with Crippen molar-refractivity contribution in [3.05, 3.63) is 0 Å². The lowest BCUT2D eigenvalue weighted by Crippen LogP contribution is -2.54. The Morgan fingerprint density at radius 2 is 1.63 bits per heavy atom. The molecule has 0 aromatic rings. The topological polar surface area (TPSA) is 20.3 Å². The van der Waals surface area contributed by atoms with Crippen LogP contribution in [0.1, 0.15) is 66.2 Å². The molecule has 0 amide bonds. The van der Waals surface area contributed by atoms with Crippen LogP contribution < -0.4 is 0 Å². The average Bonchev–Trinajstić information content (AvgIpc) is 2.42. The van der Waals surface area contributed by atoms with Gasteiger partial charge in [0, 0.05) is 5.92 Å². The van der Waals surface area contributed by atoms with Gasteiger partial charge in [0.2, 0.25) is 0 Å². The highest BCUT2D eigenvalue weighted by molar-refractivity contribution is 5.89. The van der Waals surface area contributed by atoms with Crippen LogP contribution in [0, 0.1) is 17.8 Å². The van der Waals surface area contributed by atoms with Gasteiger partial charge in [-0.15, -0.1) is 0 Å². The first kappa shape index (κ1) is 15.0. The Labute approximate surface area is 118 Å². The van der Waals surface area contributed by atoms with Crippen LogP contribution in [-0.4, -0.2) is 29.3 Å². The van der Waals surface area contributed by atoms with Crippen LogP contribution in [0.3, 0.4) is 0 Å². The summed E-state index contributed by atoms with van der Waals surface area (Å²) in [5, 5.41) is 0. The van der Waals surface area contributed by atoms with Gasteiger partial charge < -0.3 is 0 Å². The number of ketones is 1. The van der Waals surface area contributed by atoms with Crippen molar-refractivity contribution < 1.29 is 4.79 Å². The van der Waals surface area contributed by atoms with Crippen LogP contribution >= 0.6 is 0 Å². The first-order chi connectivity index (χ1) is 8.93. The van der Waals surface area contributed by atoms with E-state index in [0.29, 0.717) is 17.6 Å². The van der Waals surface area contributed by atoms with Gasteiger partial charge in [-0.3, -0.25) is 9.69 Å². The number of Topliss-reactive ketones (excluding diaryl/α,β-unsaturated/α-hetero) is 1.